The lowest BCUT2D eigenvalue weighted by molar-refractivity contribution is 0.172. The van der Waals surface area contributed by atoms with Crippen LogP contribution in [0.2, 0.25) is 0 Å². The summed E-state index contributed by atoms with van der Waals surface area (Å²) in [6.07, 6.45) is 0.919. The molecule has 100 valence electrons. The third kappa shape index (κ3) is 2.18. The highest BCUT2D eigenvalue weighted by atomic mass is 16.6. The van der Waals surface area contributed by atoms with Crippen molar-refractivity contribution >= 4 is 16.6 Å². The lowest BCUT2D eigenvalue weighted by Gasteiger charge is -2.20. The Hall–Kier alpha value is -1.97. The Bertz CT molecular complexity index is 611. The van der Waals surface area contributed by atoms with Gasteiger partial charge in [0.1, 0.15) is 13.2 Å². The van der Waals surface area contributed by atoms with Crippen molar-refractivity contribution in [1.29, 1.82) is 0 Å². The molecule has 1 aromatic heterocycles. The summed E-state index contributed by atoms with van der Waals surface area (Å²) in [5.74, 6) is 1.60. The molecule has 1 N–H and O–H groups in total. The SMILES string of the molecule is CCNc1cc(CC)nc2cc3c(cc12)OCCO3. The van der Waals surface area contributed by atoms with Gasteiger partial charge in [0.05, 0.1) is 5.52 Å². The number of hydrogen-bond donors (Lipinski definition) is 1. The van der Waals surface area contributed by atoms with Crippen molar-refractivity contribution in [2.24, 2.45) is 0 Å². The second-order valence-electron chi connectivity index (χ2n) is 4.56. The molecule has 0 radical (unpaired) electrons. The molecule has 4 heteroatoms. The number of fused-ring (bicyclic) bond motifs is 2. The number of aromatic nitrogens is 1. The molecule has 0 aliphatic carbocycles. The molecule has 2 aromatic rings. The molecule has 0 saturated heterocycles. The fraction of sp³-hybridized carbons (Fsp3) is 0.400. The van der Waals surface area contributed by atoms with Crippen LogP contribution in [0.4, 0.5) is 5.69 Å². The minimum atomic E-state index is 0.603. The highest BCUT2D eigenvalue weighted by molar-refractivity contribution is 5.94. The topological polar surface area (TPSA) is 43.4 Å². The van der Waals surface area contributed by atoms with Gasteiger partial charge in [0.25, 0.3) is 0 Å². The molecule has 3 rings (SSSR count). The molecule has 4 nitrogen and oxygen atoms in total. The summed E-state index contributed by atoms with van der Waals surface area (Å²) in [6, 6.07) is 6.11. The maximum Gasteiger partial charge on any atom is 0.163 e. The molecule has 0 atom stereocenters. The first-order valence-corrected chi connectivity index (χ1v) is 6.79. The molecular weight excluding hydrogens is 240 g/mol. The lowest BCUT2D eigenvalue weighted by atomic mass is 10.1. The Kier molecular flexibility index (Phi) is 3.15. The molecule has 0 spiro atoms. The quantitative estimate of drug-likeness (QED) is 0.919. The lowest BCUT2D eigenvalue weighted by Crippen LogP contribution is -2.15. The second kappa shape index (κ2) is 4.96. The molecule has 19 heavy (non-hydrogen) atoms. The molecule has 1 aliphatic rings. The zero-order chi connectivity index (χ0) is 13.2. The van der Waals surface area contributed by atoms with Crippen LogP contribution in [0.1, 0.15) is 19.5 Å². The number of anilines is 1. The van der Waals surface area contributed by atoms with E-state index in [1.54, 1.807) is 0 Å². The molecule has 0 bridgehead atoms. The van der Waals surface area contributed by atoms with E-state index in [0.29, 0.717) is 13.2 Å². The van der Waals surface area contributed by atoms with Crippen LogP contribution < -0.4 is 14.8 Å². The van der Waals surface area contributed by atoms with E-state index >= 15 is 0 Å². The van der Waals surface area contributed by atoms with Gasteiger partial charge in [0, 0.05) is 29.4 Å². The van der Waals surface area contributed by atoms with Gasteiger partial charge in [-0.25, -0.2) is 0 Å². The second-order valence-corrected chi connectivity index (χ2v) is 4.56. The Morgan fingerprint density at radius 2 is 1.84 bits per heavy atom. The van der Waals surface area contributed by atoms with Gasteiger partial charge >= 0.3 is 0 Å². The van der Waals surface area contributed by atoms with Gasteiger partial charge < -0.3 is 14.8 Å². The highest BCUT2D eigenvalue weighted by Crippen LogP contribution is 2.36. The highest BCUT2D eigenvalue weighted by Gasteiger charge is 2.15. The maximum atomic E-state index is 5.64. The van der Waals surface area contributed by atoms with Crippen molar-refractivity contribution in [1.82, 2.24) is 4.98 Å². The van der Waals surface area contributed by atoms with Gasteiger partial charge in [0.15, 0.2) is 11.5 Å². The van der Waals surface area contributed by atoms with Gasteiger partial charge in [-0.3, -0.25) is 4.98 Å². The number of nitrogens with one attached hydrogen (secondary N) is 1. The van der Waals surface area contributed by atoms with E-state index in [-0.39, 0.29) is 0 Å². The van der Waals surface area contributed by atoms with E-state index in [2.05, 4.69) is 30.2 Å². The Labute approximate surface area is 112 Å². The maximum absolute atomic E-state index is 5.64. The fourth-order valence-corrected chi connectivity index (χ4v) is 2.34. The molecule has 1 aromatic carbocycles. The van der Waals surface area contributed by atoms with E-state index in [4.69, 9.17) is 9.47 Å². The van der Waals surface area contributed by atoms with Crippen LogP contribution in [0.25, 0.3) is 10.9 Å². The third-order valence-electron chi connectivity index (χ3n) is 3.26. The zero-order valence-corrected chi connectivity index (χ0v) is 11.3. The van der Waals surface area contributed by atoms with E-state index in [1.165, 1.54) is 0 Å². The number of aryl methyl sites for hydroxylation is 1. The molecule has 0 fully saturated rings. The summed E-state index contributed by atoms with van der Waals surface area (Å²) in [4.78, 5) is 4.67. The molecule has 2 heterocycles. The number of pyridine rings is 1. The molecule has 0 saturated carbocycles. The molecule has 1 aliphatic heterocycles. The number of hydrogen-bond acceptors (Lipinski definition) is 4. The summed E-state index contributed by atoms with van der Waals surface area (Å²) in [5.41, 5.74) is 3.15. The number of nitrogens with zero attached hydrogens (tertiary/aromatic N) is 1. The first-order chi connectivity index (χ1) is 9.31. The largest absolute Gasteiger partial charge is 0.486 e. The van der Waals surface area contributed by atoms with Crippen molar-refractivity contribution in [3.63, 3.8) is 0 Å². The van der Waals surface area contributed by atoms with Crippen molar-refractivity contribution in [3.05, 3.63) is 23.9 Å². The van der Waals surface area contributed by atoms with Crippen LogP contribution in [-0.2, 0) is 6.42 Å². The number of rotatable bonds is 3. The first kappa shape index (κ1) is 12.1. The van der Waals surface area contributed by atoms with E-state index in [1.807, 2.05) is 12.1 Å². The van der Waals surface area contributed by atoms with E-state index < -0.39 is 0 Å². The van der Waals surface area contributed by atoms with Gasteiger partial charge in [-0.2, -0.15) is 0 Å². The smallest absolute Gasteiger partial charge is 0.163 e. The van der Waals surface area contributed by atoms with Gasteiger partial charge in [-0.15, -0.1) is 0 Å². The average molecular weight is 258 g/mol. The Morgan fingerprint density at radius 1 is 1.11 bits per heavy atom. The summed E-state index contributed by atoms with van der Waals surface area (Å²) >= 11 is 0. The minimum Gasteiger partial charge on any atom is -0.486 e. The van der Waals surface area contributed by atoms with Crippen molar-refractivity contribution in [3.8, 4) is 11.5 Å². The summed E-state index contributed by atoms with van der Waals surface area (Å²) < 4.78 is 11.3. The summed E-state index contributed by atoms with van der Waals surface area (Å²) in [7, 11) is 0. The standard InChI is InChI=1S/C15H18N2O2/c1-3-10-7-12(16-4-2)11-8-14-15(9-13(11)17-10)19-6-5-18-14/h7-9H,3-6H2,1-2H3,(H,16,17). The van der Waals surface area contributed by atoms with Gasteiger partial charge in [-0.1, -0.05) is 6.92 Å². The summed E-state index contributed by atoms with van der Waals surface area (Å²) in [6.45, 7) is 6.30. The number of ether oxygens (including phenoxy) is 2. The van der Waals surface area contributed by atoms with Crippen LogP contribution in [0.5, 0.6) is 11.5 Å². The Balaban J connectivity index is 2.21. The average Bonchev–Trinajstić information content (AvgIpc) is 2.45. The van der Waals surface area contributed by atoms with Gasteiger partial charge in [-0.05, 0) is 25.5 Å². The Morgan fingerprint density at radius 3 is 2.53 bits per heavy atom. The molecular formula is C15H18N2O2. The predicted octanol–water partition coefficient (Wildman–Crippen LogP) is 3.00. The third-order valence-corrected chi connectivity index (χ3v) is 3.26. The van der Waals surface area contributed by atoms with Crippen LogP contribution in [0.3, 0.4) is 0 Å². The normalized spacial score (nSPS) is 13.6. The van der Waals surface area contributed by atoms with Gasteiger partial charge in [0.2, 0.25) is 0 Å². The van der Waals surface area contributed by atoms with Crippen LogP contribution in [0, 0.1) is 0 Å². The van der Waals surface area contributed by atoms with Crippen LogP contribution in [0.15, 0.2) is 18.2 Å². The van der Waals surface area contributed by atoms with Crippen LogP contribution >= 0.6 is 0 Å². The zero-order valence-electron chi connectivity index (χ0n) is 11.3. The summed E-state index contributed by atoms with van der Waals surface area (Å²) in [5, 5.41) is 4.48. The van der Waals surface area contributed by atoms with E-state index in [9.17, 15) is 0 Å². The van der Waals surface area contributed by atoms with Crippen molar-refractivity contribution in [2.45, 2.75) is 20.3 Å². The fourth-order valence-electron chi connectivity index (χ4n) is 2.34. The molecule has 0 amide bonds. The first-order valence-electron chi connectivity index (χ1n) is 6.79. The van der Waals surface area contributed by atoms with Crippen LogP contribution in [-0.4, -0.2) is 24.7 Å². The number of benzene rings is 1. The predicted molar refractivity (Wildman–Crippen MR) is 76.3 cm³/mol. The van der Waals surface area contributed by atoms with E-state index in [0.717, 1.165) is 46.7 Å². The van der Waals surface area contributed by atoms with Crippen molar-refractivity contribution < 1.29 is 9.47 Å². The monoisotopic (exact) mass is 258 g/mol. The minimum absolute atomic E-state index is 0.603. The van der Waals surface area contributed by atoms with Crippen molar-refractivity contribution in [2.75, 3.05) is 25.1 Å². The molecule has 0 unspecified atom stereocenters.